The molecule has 1 aromatic carbocycles. The van der Waals surface area contributed by atoms with Crippen molar-refractivity contribution in [1.29, 1.82) is 0 Å². The molecule has 0 spiro atoms. The quantitative estimate of drug-likeness (QED) is 0.416. The number of hydrogen-bond acceptors (Lipinski definition) is 5. The summed E-state index contributed by atoms with van der Waals surface area (Å²) < 4.78 is 0. The molecule has 0 aliphatic rings. The SMILES string of the molecule is CC(=O)OOc1ccccc1[N+](=O)[O-]. The van der Waals surface area contributed by atoms with Crippen molar-refractivity contribution in [3.8, 4) is 5.75 Å². The van der Waals surface area contributed by atoms with E-state index >= 15 is 0 Å². The van der Waals surface area contributed by atoms with Crippen molar-refractivity contribution in [3.63, 3.8) is 0 Å². The Morgan fingerprint density at radius 3 is 2.64 bits per heavy atom. The Bertz CT molecular complexity index is 363. The van der Waals surface area contributed by atoms with E-state index < -0.39 is 10.9 Å². The van der Waals surface area contributed by atoms with E-state index in [1.165, 1.54) is 24.3 Å². The van der Waals surface area contributed by atoms with Gasteiger partial charge in [0.05, 0.1) is 4.92 Å². The summed E-state index contributed by atoms with van der Waals surface area (Å²) in [7, 11) is 0. The van der Waals surface area contributed by atoms with Gasteiger partial charge in [-0.3, -0.25) is 19.9 Å². The molecule has 6 heteroatoms. The summed E-state index contributed by atoms with van der Waals surface area (Å²) in [4.78, 5) is 28.9. The van der Waals surface area contributed by atoms with Crippen LogP contribution in [0.1, 0.15) is 6.92 Å². The molecule has 0 amide bonds. The first-order valence-corrected chi connectivity index (χ1v) is 3.70. The Hall–Kier alpha value is -2.11. The first-order chi connectivity index (χ1) is 6.61. The maximum absolute atomic E-state index is 10.5. The van der Waals surface area contributed by atoms with Gasteiger partial charge in [-0.1, -0.05) is 12.1 Å². The van der Waals surface area contributed by atoms with E-state index in [2.05, 4.69) is 9.78 Å². The molecule has 0 atom stereocenters. The molecule has 0 saturated carbocycles. The smallest absolute Gasteiger partial charge is 0.280 e. The number of nitro groups is 1. The van der Waals surface area contributed by atoms with Crippen LogP contribution in [0.5, 0.6) is 5.75 Å². The molecule has 0 radical (unpaired) electrons. The zero-order valence-corrected chi connectivity index (χ0v) is 7.30. The Morgan fingerprint density at radius 1 is 1.43 bits per heavy atom. The van der Waals surface area contributed by atoms with E-state index in [4.69, 9.17) is 0 Å². The molecule has 0 N–H and O–H groups in total. The van der Waals surface area contributed by atoms with Crippen molar-refractivity contribution in [3.05, 3.63) is 34.4 Å². The minimum Gasteiger partial charge on any atom is -0.280 e. The van der Waals surface area contributed by atoms with Crippen molar-refractivity contribution >= 4 is 11.7 Å². The number of carbonyl (C=O) groups excluding carboxylic acids is 1. The second-order valence-electron chi connectivity index (χ2n) is 2.38. The number of para-hydroxylation sites is 2. The average Bonchev–Trinajstić information content (AvgIpc) is 2.15. The lowest BCUT2D eigenvalue weighted by Gasteiger charge is -2.01. The van der Waals surface area contributed by atoms with E-state index in [9.17, 15) is 14.9 Å². The number of hydrogen-bond donors (Lipinski definition) is 0. The maximum Gasteiger partial charge on any atom is 0.352 e. The molecule has 0 fully saturated rings. The maximum atomic E-state index is 10.5. The second kappa shape index (κ2) is 4.22. The number of nitrogens with zero attached hydrogens (tertiary/aromatic N) is 1. The number of rotatable bonds is 3. The van der Waals surface area contributed by atoms with Crippen molar-refractivity contribution in [2.45, 2.75) is 6.92 Å². The molecule has 1 aromatic rings. The van der Waals surface area contributed by atoms with Crippen LogP contribution in [0.3, 0.4) is 0 Å². The van der Waals surface area contributed by atoms with E-state index in [0.29, 0.717) is 0 Å². The lowest BCUT2D eigenvalue weighted by atomic mass is 10.3. The summed E-state index contributed by atoms with van der Waals surface area (Å²) in [6.45, 7) is 1.13. The van der Waals surface area contributed by atoms with Crippen LogP contribution in [0.4, 0.5) is 5.69 Å². The minimum atomic E-state index is -0.678. The van der Waals surface area contributed by atoms with Crippen LogP contribution in [0.2, 0.25) is 0 Å². The predicted octanol–water partition coefficient (Wildman–Crippen LogP) is 1.45. The fraction of sp³-hybridized carbons (Fsp3) is 0.125. The molecule has 14 heavy (non-hydrogen) atoms. The summed E-state index contributed by atoms with van der Waals surface area (Å²) in [6.07, 6.45) is 0. The van der Waals surface area contributed by atoms with Gasteiger partial charge < -0.3 is 0 Å². The van der Waals surface area contributed by atoms with Gasteiger partial charge in [0.25, 0.3) is 5.75 Å². The molecule has 6 nitrogen and oxygen atoms in total. The number of benzene rings is 1. The topological polar surface area (TPSA) is 78.7 Å². The van der Waals surface area contributed by atoms with Gasteiger partial charge in [0, 0.05) is 13.0 Å². The number of nitro benzene ring substituents is 1. The molecule has 0 aliphatic carbocycles. The lowest BCUT2D eigenvalue weighted by Crippen LogP contribution is -2.04. The summed E-state index contributed by atoms with van der Waals surface area (Å²) in [5.74, 6) is -0.782. The largest absolute Gasteiger partial charge is 0.352 e. The summed E-state index contributed by atoms with van der Waals surface area (Å²) in [5, 5.41) is 10.5. The van der Waals surface area contributed by atoms with E-state index in [1.807, 2.05) is 0 Å². The van der Waals surface area contributed by atoms with Gasteiger partial charge >= 0.3 is 11.7 Å². The van der Waals surface area contributed by atoms with Gasteiger partial charge in [-0.15, -0.1) is 0 Å². The van der Waals surface area contributed by atoms with Crippen LogP contribution in [-0.2, 0) is 9.68 Å². The van der Waals surface area contributed by atoms with Crippen molar-refractivity contribution in [1.82, 2.24) is 0 Å². The van der Waals surface area contributed by atoms with Crippen LogP contribution in [-0.4, -0.2) is 10.9 Å². The highest BCUT2D eigenvalue weighted by atomic mass is 17.2. The van der Waals surface area contributed by atoms with Gasteiger partial charge in [-0.25, -0.2) is 4.79 Å². The number of carbonyl (C=O) groups is 1. The van der Waals surface area contributed by atoms with E-state index in [-0.39, 0.29) is 11.4 Å². The van der Waals surface area contributed by atoms with Crippen LogP contribution < -0.4 is 4.89 Å². The Balaban J connectivity index is 2.84. The molecule has 74 valence electrons. The molecule has 0 unspecified atom stereocenters. The fourth-order valence-electron chi connectivity index (χ4n) is 0.782. The molecule has 0 aliphatic heterocycles. The third-order valence-corrected chi connectivity index (χ3v) is 1.31. The van der Waals surface area contributed by atoms with Crippen LogP contribution in [0, 0.1) is 10.1 Å². The Morgan fingerprint density at radius 2 is 2.07 bits per heavy atom. The summed E-state index contributed by atoms with van der Waals surface area (Å²) >= 11 is 0. The van der Waals surface area contributed by atoms with Crippen molar-refractivity contribution in [2.24, 2.45) is 0 Å². The highest BCUT2D eigenvalue weighted by Gasteiger charge is 2.15. The first kappa shape index (κ1) is 9.97. The zero-order chi connectivity index (χ0) is 10.6. The van der Waals surface area contributed by atoms with Gasteiger partial charge in [-0.05, 0) is 6.07 Å². The molecule has 0 aromatic heterocycles. The predicted molar refractivity (Wildman–Crippen MR) is 45.5 cm³/mol. The first-order valence-electron chi connectivity index (χ1n) is 3.70. The minimum absolute atomic E-state index is 0.104. The van der Waals surface area contributed by atoms with Gasteiger partial charge in [0.2, 0.25) is 0 Å². The normalized spacial score (nSPS) is 9.21. The third-order valence-electron chi connectivity index (χ3n) is 1.31. The highest BCUT2D eigenvalue weighted by molar-refractivity contribution is 5.65. The fourth-order valence-corrected chi connectivity index (χ4v) is 0.782. The monoisotopic (exact) mass is 197 g/mol. The molecular formula is C8H7NO5. The standard InChI is InChI=1S/C8H7NO5/c1-6(10)13-14-8-5-3-2-4-7(8)9(11)12/h2-5H,1H3. The molecular weight excluding hydrogens is 190 g/mol. The van der Waals surface area contributed by atoms with Crippen LogP contribution >= 0.6 is 0 Å². The van der Waals surface area contributed by atoms with E-state index in [1.54, 1.807) is 0 Å². The third kappa shape index (κ3) is 2.44. The van der Waals surface area contributed by atoms with Crippen LogP contribution in [0.15, 0.2) is 24.3 Å². The van der Waals surface area contributed by atoms with Crippen molar-refractivity contribution < 1.29 is 19.5 Å². The summed E-state index contributed by atoms with van der Waals surface area (Å²) in [6, 6.07) is 5.60. The molecule has 0 bridgehead atoms. The Labute approximate surface area is 79.1 Å². The van der Waals surface area contributed by atoms with E-state index in [0.717, 1.165) is 6.92 Å². The average molecular weight is 197 g/mol. The lowest BCUT2D eigenvalue weighted by molar-refractivity contribution is -0.387. The van der Waals surface area contributed by atoms with Crippen LogP contribution in [0.25, 0.3) is 0 Å². The van der Waals surface area contributed by atoms with Gasteiger partial charge in [-0.2, -0.15) is 0 Å². The van der Waals surface area contributed by atoms with Gasteiger partial charge in [0.1, 0.15) is 0 Å². The molecule has 0 saturated heterocycles. The van der Waals surface area contributed by atoms with Gasteiger partial charge in [0.15, 0.2) is 0 Å². The molecule has 0 heterocycles. The highest BCUT2D eigenvalue weighted by Crippen LogP contribution is 2.25. The Kier molecular flexibility index (Phi) is 3.01. The summed E-state index contributed by atoms with van der Waals surface area (Å²) in [5.41, 5.74) is -0.256. The zero-order valence-electron chi connectivity index (χ0n) is 7.30. The molecule has 1 rings (SSSR count). The van der Waals surface area contributed by atoms with Crippen molar-refractivity contribution in [2.75, 3.05) is 0 Å². The second-order valence-corrected chi connectivity index (χ2v) is 2.38.